The second kappa shape index (κ2) is 12.7. The van der Waals surface area contributed by atoms with Crippen LogP contribution in [0.1, 0.15) is 41.6 Å². The summed E-state index contributed by atoms with van der Waals surface area (Å²) in [4.78, 5) is 22.9. The molecule has 0 atom stereocenters. The summed E-state index contributed by atoms with van der Waals surface area (Å²) >= 11 is 7.30. The van der Waals surface area contributed by atoms with Crippen LogP contribution in [-0.2, 0) is 11.3 Å². The molecule has 0 aliphatic rings. The molecule has 9 heteroatoms. The molecular formula is C27H29ClN4O3S. The number of rotatable bonds is 10. The van der Waals surface area contributed by atoms with Crippen LogP contribution in [0.4, 0.5) is 0 Å². The Kier molecular flexibility index (Phi) is 9.64. The first kappa shape index (κ1) is 27.4. The van der Waals surface area contributed by atoms with E-state index in [-0.39, 0.29) is 18.2 Å². The molecule has 7 nitrogen and oxygen atoms in total. The van der Waals surface area contributed by atoms with Crippen LogP contribution in [0.2, 0.25) is 5.02 Å². The van der Waals surface area contributed by atoms with E-state index in [0.717, 1.165) is 23.2 Å². The molecule has 0 aliphatic heterocycles. The van der Waals surface area contributed by atoms with Gasteiger partial charge in [-0.25, -0.2) is 9.97 Å². The van der Waals surface area contributed by atoms with E-state index in [1.165, 1.54) is 11.8 Å². The zero-order valence-electron chi connectivity index (χ0n) is 20.7. The number of aromatic nitrogens is 2. The van der Waals surface area contributed by atoms with Crippen molar-refractivity contribution in [2.45, 2.75) is 40.7 Å². The van der Waals surface area contributed by atoms with Crippen LogP contribution in [0.15, 0.2) is 59.3 Å². The summed E-state index contributed by atoms with van der Waals surface area (Å²) in [5.41, 5.74) is 3.78. The molecule has 0 saturated heterocycles. The van der Waals surface area contributed by atoms with Gasteiger partial charge in [0.1, 0.15) is 22.4 Å². The number of amides is 1. The van der Waals surface area contributed by atoms with E-state index in [1.807, 2.05) is 39.8 Å². The molecule has 3 rings (SSSR count). The number of aliphatic hydroxyl groups is 1. The molecule has 1 heterocycles. The Morgan fingerprint density at radius 1 is 1.22 bits per heavy atom. The predicted octanol–water partition coefficient (Wildman–Crippen LogP) is 6.18. The number of hydrogen-bond donors (Lipinski definition) is 2. The molecule has 0 fully saturated rings. The molecule has 1 aromatic heterocycles. The van der Waals surface area contributed by atoms with Crippen molar-refractivity contribution < 1.29 is 14.6 Å². The number of allylic oxidation sites excluding steroid dienone is 1. The van der Waals surface area contributed by atoms with Crippen molar-refractivity contribution in [2.75, 3.05) is 6.61 Å². The highest BCUT2D eigenvalue weighted by Crippen LogP contribution is 2.35. The van der Waals surface area contributed by atoms with Gasteiger partial charge in [-0.05, 0) is 57.5 Å². The zero-order valence-corrected chi connectivity index (χ0v) is 22.3. The predicted molar refractivity (Wildman–Crippen MR) is 145 cm³/mol. The lowest BCUT2D eigenvalue weighted by molar-refractivity contribution is -0.116. The monoisotopic (exact) mass is 524 g/mol. The molecule has 3 aromatic rings. The number of halogens is 1. The minimum atomic E-state index is -0.119. The van der Waals surface area contributed by atoms with Crippen LogP contribution in [0.25, 0.3) is 0 Å². The number of aliphatic hydroxyl groups excluding tert-OH is 1. The Labute approximate surface area is 220 Å². The van der Waals surface area contributed by atoms with E-state index in [0.29, 0.717) is 44.9 Å². The van der Waals surface area contributed by atoms with Crippen LogP contribution in [0, 0.1) is 26.2 Å². The second-order valence-corrected chi connectivity index (χ2v) is 9.72. The highest BCUT2D eigenvalue weighted by molar-refractivity contribution is 8.17. The molecule has 0 spiro atoms. The van der Waals surface area contributed by atoms with Gasteiger partial charge in [0.15, 0.2) is 0 Å². The maximum atomic E-state index is 12.0. The van der Waals surface area contributed by atoms with Crippen molar-refractivity contribution in [3.8, 4) is 11.5 Å². The van der Waals surface area contributed by atoms with E-state index < -0.39 is 0 Å². The van der Waals surface area contributed by atoms with Crippen molar-refractivity contribution >= 4 is 34.8 Å². The minimum absolute atomic E-state index is 0.119. The van der Waals surface area contributed by atoms with Crippen LogP contribution in [0.5, 0.6) is 11.5 Å². The molecule has 0 unspecified atom stereocenters. The van der Waals surface area contributed by atoms with Gasteiger partial charge in [-0.3, -0.25) is 10.2 Å². The van der Waals surface area contributed by atoms with Crippen molar-refractivity contribution in [1.29, 1.82) is 5.41 Å². The summed E-state index contributed by atoms with van der Waals surface area (Å²) in [6.45, 7) is 7.59. The number of nitrogens with zero attached hydrogens (tertiary/aromatic N) is 3. The Morgan fingerprint density at radius 3 is 2.64 bits per heavy atom. The fourth-order valence-electron chi connectivity index (χ4n) is 3.60. The number of aryl methyl sites for hydroxylation is 3. The first-order chi connectivity index (χ1) is 17.2. The van der Waals surface area contributed by atoms with Gasteiger partial charge in [0.2, 0.25) is 6.41 Å². The number of thioether (sulfide) groups is 1. The van der Waals surface area contributed by atoms with Crippen molar-refractivity contribution in [1.82, 2.24) is 14.9 Å². The van der Waals surface area contributed by atoms with Gasteiger partial charge in [0.25, 0.3) is 0 Å². The summed E-state index contributed by atoms with van der Waals surface area (Å²) in [6.07, 6.45) is 2.76. The smallest absolute Gasteiger partial charge is 0.214 e. The lowest BCUT2D eigenvalue weighted by Gasteiger charge is -2.23. The Balaban J connectivity index is 1.91. The number of nitrogens with one attached hydrogen (secondary N) is 1. The largest absolute Gasteiger partial charge is 0.457 e. The second-order valence-electron chi connectivity index (χ2n) is 8.18. The fraction of sp³-hybridized carbons (Fsp3) is 0.259. The van der Waals surface area contributed by atoms with Gasteiger partial charge < -0.3 is 14.7 Å². The van der Waals surface area contributed by atoms with Crippen LogP contribution < -0.4 is 4.74 Å². The topological polar surface area (TPSA) is 99.4 Å². The minimum Gasteiger partial charge on any atom is -0.457 e. The van der Waals surface area contributed by atoms with Gasteiger partial charge in [0.05, 0.1) is 12.1 Å². The van der Waals surface area contributed by atoms with Gasteiger partial charge >= 0.3 is 0 Å². The summed E-state index contributed by atoms with van der Waals surface area (Å²) in [5.74, 6) is 1.76. The summed E-state index contributed by atoms with van der Waals surface area (Å²) in [5, 5.41) is 19.4. The normalized spacial score (nSPS) is 11.6. The third kappa shape index (κ3) is 6.94. The highest BCUT2D eigenvalue weighted by atomic mass is 35.5. The summed E-state index contributed by atoms with van der Waals surface area (Å²) < 4.78 is 6.08. The molecule has 188 valence electrons. The SMILES string of the molecule is C/C(=C(\CCO)SC(=N)c1c(C)cccc1Oc1cccc(Cl)c1)N(C=O)Cc1cnc(C)nc1C. The number of carbonyl (C=O) groups is 1. The Bertz CT molecular complexity index is 1300. The third-order valence-corrected chi connectivity index (χ3v) is 6.94. The van der Waals surface area contributed by atoms with E-state index in [1.54, 1.807) is 41.4 Å². The standard InChI is InChI=1S/C27H29ClN4O3S/c1-17-7-5-10-24(35-23-9-6-8-22(28)13-23)26(17)27(29)36-25(11-12-33)19(3)32(16-34)15-21-14-30-20(4)31-18(21)2/h5-10,13-14,16,29,33H,11-12,15H2,1-4H3/b25-19-,29-27?. The third-order valence-electron chi connectivity index (χ3n) is 5.55. The van der Waals surface area contributed by atoms with Crippen molar-refractivity contribution in [3.05, 3.63) is 92.5 Å². The molecule has 0 bridgehead atoms. The molecular weight excluding hydrogens is 496 g/mol. The lowest BCUT2D eigenvalue weighted by atomic mass is 10.1. The van der Waals surface area contributed by atoms with Crippen LogP contribution >= 0.6 is 23.4 Å². The number of benzene rings is 2. The zero-order chi connectivity index (χ0) is 26.2. The van der Waals surface area contributed by atoms with Crippen molar-refractivity contribution in [3.63, 3.8) is 0 Å². The summed E-state index contributed by atoms with van der Waals surface area (Å²) in [6, 6.07) is 12.7. The number of ether oxygens (including phenoxy) is 1. The Hall–Kier alpha value is -3.20. The maximum absolute atomic E-state index is 12.0. The molecule has 0 radical (unpaired) electrons. The van der Waals surface area contributed by atoms with Gasteiger partial charge in [-0.15, -0.1) is 0 Å². The molecule has 0 saturated carbocycles. The maximum Gasteiger partial charge on any atom is 0.214 e. The van der Waals surface area contributed by atoms with E-state index in [2.05, 4.69) is 9.97 Å². The lowest BCUT2D eigenvalue weighted by Crippen LogP contribution is -2.22. The van der Waals surface area contributed by atoms with Crippen molar-refractivity contribution in [2.24, 2.45) is 0 Å². The number of hydrogen-bond acceptors (Lipinski definition) is 7. The van der Waals surface area contributed by atoms with Crippen LogP contribution in [0.3, 0.4) is 0 Å². The quantitative estimate of drug-likeness (QED) is 0.187. The first-order valence-electron chi connectivity index (χ1n) is 11.3. The van der Waals surface area contributed by atoms with E-state index in [9.17, 15) is 9.90 Å². The number of carbonyl (C=O) groups excluding carboxylic acids is 1. The average molecular weight is 525 g/mol. The molecule has 0 aliphatic carbocycles. The van der Waals surface area contributed by atoms with E-state index >= 15 is 0 Å². The first-order valence-corrected chi connectivity index (χ1v) is 12.5. The van der Waals surface area contributed by atoms with Gasteiger partial charge in [-0.2, -0.15) is 0 Å². The molecule has 2 aromatic carbocycles. The van der Waals surface area contributed by atoms with Crippen LogP contribution in [-0.4, -0.2) is 38.0 Å². The highest BCUT2D eigenvalue weighted by Gasteiger charge is 2.19. The fourth-order valence-corrected chi connectivity index (χ4v) is 4.85. The molecule has 36 heavy (non-hydrogen) atoms. The molecule has 2 N–H and O–H groups in total. The van der Waals surface area contributed by atoms with Gasteiger partial charge in [0, 0.05) is 46.1 Å². The Morgan fingerprint density at radius 2 is 1.97 bits per heavy atom. The summed E-state index contributed by atoms with van der Waals surface area (Å²) in [7, 11) is 0. The molecule has 1 amide bonds. The van der Waals surface area contributed by atoms with Gasteiger partial charge in [-0.1, -0.05) is 41.6 Å². The average Bonchev–Trinajstić information content (AvgIpc) is 2.83. The van der Waals surface area contributed by atoms with E-state index in [4.69, 9.17) is 21.7 Å².